The highest BCUT2D eigenvalue weighted by Crippen LogP contribution is 2.27. The van der Waals surface area contributed by atoms with Crippen molar-refractivity contribution in [1.82, 2.24) is 0 Å². The third-order valence-corrected chi connectivity index (χ3v) is 4.94. The number of nitrogens with one attached hydrogen (secondary N) is 1. The highest BCUT2D eigenvalue weighted by atomic mass is 32.2. The van der Waals surface area contributed by atoms with E-state index in [1.165, 1.54) is 0 Å². The second-order valence-corrected chi connectivity index (χ2v) is 8.03. The minimum atomic E-state index is -0.100. The number of rotatable bonds is 7. The summed E-state index contributed by atoms with van der Waals surface area (Å²) in [5.41, 5.74) is 2.56. The van der Waals surface area contributed by atoms with Gasteiger partial charge in [0, 0.05) is 15.8 Å². The lowest BCUT2D eigenvalue weighted by Crippen LogP contribution is -2.13. The van der Waals surface area contributed by atoms with Crippen molar-refractivity contribution in [3.05, 3.63) is 90.0 Å². The molecular formula is C23H23NO2S. The van der Waals surface area contributed by atoms with Gasteiger partial charge in [-0.1, -0.05) is 56.3 Å². The number of carbonyl (C=O) groups excluding carboxylic acids is 1. The predicted octanol–water partition coefficient (Wildman–Crippen LogP) is 6.02. The molecule has 0 fully saturated rings. The van der Waals surface area contributed by atoms with E-state index in [2.05, 4.69) is 19.2 Å². The Morgan fingerprint density at radius 3 is 2.30 bits per heavy atom. The number of hydrogen-bond acceptors (Lipinski definition) is 3. The Kier molecular flexibility index (Phi) is 6.55. The number of benzene rings is 3. The summed E-state index contributed by atoms with van der Waals surface area (Å²) in [4.78, 5) is 13.6. The first-order chi connectivity index (χ1) is 13.1. The van der Waals surface area contributed by atoms with E-state index >= 15 is 0 Å². The normalized spacial score (nSPS) is 10.6. The zero-order valence-electron chi connectivity index (χ0n) is 15.5. The van der Waals surface area contributed by atoms with Gasteiger partial charge in [-0.25, -0.2) is 0 Å². The first-order valence-electron chi connectivity index (χ1n) is 8.95. The zero-order valence-corrected chi connectivity index (χ0v) is 16.3. The standard InChI is InChI=1S/C23H23NO2S/c1-17(2)27-22-11-7-6-10-21(22)23(25)24-19-12-14-20(15-13-19)26-16-18-8-4-3-5-9-18/h3-15,17H,16H2,1-2H3,(H,24,25). The highest BCUT2D eigenvalue weighted by Gasteiger charge is 2.12. The molecule has 0 radical (unpaired) electrons. The Morgan fingerprint density at radius 1 is 0.926 bits per heavy atom. The highest BCUT2D eigenvalue weighted by molar-refractivity contribution is 8.00. The SMILES string of the molecule is CC(C)Sc1ccccc1C(=O)Nc1ccc(OCc2ccccc2)cc1. The quantitative estimate of drug-likeness (QED) is 0.512. The van der Waals surface area contributed by atoms with Gasteiger partial charge < -0.3 is 10.1 Å². The van der Waals surface area contributed by atoms with Gasteiger partial charge in [-0.2, -0.15) is 0 Å². The summed E-state index contributed by atoms with van der Waals surface area (Å²) in [6.45, 7) is 4.76. The topological polar surface area (TPSA) is 38.3 Å². The minimum Gasteiger partial charge on any atom is -0.489 e. The molecular weight excluding hydrogens is 354 g/mol. The van der Waals surface area contributed by atoms with E-state index in [0.29, 0.717) is 17.4 Å². The van der Waals surface area contributed by atoms with Crippen LogP contribution in [-0.4, -0.2) is 11.2 Å². The summed E-state index contributed by atoms with van der Waals surface area (Å²) in [6, 6.07) is 25.2. The van der Waals surface area contributed by atoms with Crippen LogP contribution < -0.4 is 10.1 Å². The van der Waals surface area contributed by atoms with Crippen LogP contribution in [0.15, 0.2) is 83.8 Å². The van der Waals surface area contributed by atoms with Crippen LogP contribution in [0.4, 0.5) is 5.69 Å². The van der Waals surface area contributed by atoms with Gasteiger partial charge in [-0.05, 0) is 42.0 Å². The van der Waals surface area contributed by atoms with E-state index in [1.807, 2.05) is 78.9 Å². The lowest BCUT2D eigenvalue weighted by atomic mass is 10.2. The van der Waals surface area contributed by atoms with Crippen LogP contribution in [0.2, 0.25) is 0 Å². The molecule has 0 saturated heterocycles. The molecule has 0 spiro atoms. The summed E-state index contributed by atoms with van der Waals surface area (Å²) in [5.74, 6) is 0.671. The van der Waals surface area contributed by atoms with Crippen molar-refractivity contribution < 1.29 is 9.53 Å². The largest absolute Gasteiger partial charge is 0.489 e. The Hall–Kier alpha value is -2.72. The van der Waals surface area contributed by atoms with Crippen LogP contribution >= 0.6 is 11.8 Å². The molecule has 4 heteroatoms. The monoisotopic (exact) mass is 377 g/mol. The van der Waals surface area contributed by atoms with Crippen molar-refractivity contribution >= 4 is 23.4 Å². The summed E-state index contributed by atoms with van der Waals surface area (Å²) in [6.07, 6.45) is 0. The molecule has 0 unspecified atom stereocenters. The maximum Gasteiger partial charge on any atom is 0.256 e. The van der Waals surface area contributed by atoms with Crippen molar-refractivity contribution in [2.45, 2.75) is 30.6 Å². The molecule has 0 saturated carbocycles. The van der Waals surface area contributed by atoms with E-state index in [-0.39, 0.29) is 5.91 Å². The van der Waals surface area contributed by atoms with Crippen molar-refractivity contribution in [2.24, 2.45) is 0 Å². The van der Waals surface area contributed by atoms with Gasteiger partial charge in [-0.15, -0.1) is 11.8 Å². The van der Waals surface area contributed by atoms with Crippen LogP contribution in [0.25, 0.3) is 0 Å². The van der Waals surface area contributed by atoms with Crippen LogP contribution in [-0.2, 0) is 6.61 Å². The van der Waals surface area contributed by atoms with Gasteiger partial charge in [-0.3, -0.25) is 4.79 Å². The Morgan fingerprint density at radius 2 is 1.59 bits per heavy atom. The Bertz CT molecular complexity index is 876. The van der Waals surface area contributed by atoms with Gasteiger partial charge in [0.1, 0.15) is 12.4 Å². The van der Waals surface area contributed by atoms with E-state index in [9.17, 15) is 4.79 Å². The summed E-state index contributed by atoms with van der Waals surface area (Å²) < 4.78 is 5.78. The Labute approximate surface area is 164 Å². The molecule has 0 aliphatic heterocycles. The van der Waals surface area contributed by atoms with Gasteiger partial charge >= 0.3 is 0 Å². The molecule has 1 amide bonds. The van der Waals surface area contributed by atoms with Crippen molar-refractivity contribution in [2.75, 3.05) is 5.32 Å². The van der Waals surface area contributed by atoms with Crippen LogP contribution in [0.1, 0.15) is 29.8 Å². The minimum absolute atomic E-state index is 0.100. The van der Waals surface area contributed by atoms with E-state index in [1.54, 1.807) is 11.8 Å². The molecule has 138 valence electrons. The molecule has 0 atom stereocenters. The van der Waals surface area contributed by atoms with E-state index in [0.717, 1.165) is 21.9 Å². The third kappa shape index (κ3) is 5.63. The molecule has 0 heterocycles. The first-order valence-corrected chi connectivity index (χ1v) is 9.83. The maximum atomic E-state index is 12.7. The lowest BCUT2D eigenvalue weighted by molar-refractivity contribution is 0.102. The average molecular weight is 378 g/mol. The Balaban J connectivity index is 1.62. The average Bonchev–Trinajstić information content (AvgIpc) is 2.68. The number of carbonyl (C=O) groups is 1. The summed E-state index contributed by atoms with van der Waals surface area (Å²) in [5, 5.41) is 3.38. The molecule has 27 heavy (non-hydrogen) atoms. The van der Waals surface area contributed by atoms with E-state index < -0.39 is 0 Å². The van der Waals surface area contributed by atoms with E-state index in [4.69, 9.17) is 4.74 Å². The number of ether oxygens (including phenoxy) is 1. The third-order valence-electron chi connectivity index (χ3n) is 3.85. The molecule has 0 aromatic heterocycles. The number of hydrogen-bond donors (Lipinski definition) is 1. The van der Waals surface area contributed by atoms with Gasteiger partial charge in [0.25, 0.3) is 5.91 Å². The molecule has 3 rings (SSSR count). The second-order valence-electron chi connectivity index (χ2n) is 6.42. The molecule has 3 aromatic carbocycles. The second kappa shape index (κ2) is 9.28. The predicted molar refractivity (Wildman–Crippen MR) is 113 cm³/mol. The number of thioether (sulfide) groups is 1. The molecule has 0 aliphatic carbocycles. The molecule has 0 aliphatic rings. The fourth-order valence-electron chi connectivity index (χ4n) is 2.58. The van der Waals surface area contributed by atoms with Crippen molar-refractivity contribution in [3.63, 3.8) is 0 Å². The van der Waals surface area contributed by atoms with Crippen molar-refractivity contribution in [3.8, 4) is 5.75 Å². The molecule has 0 bridgehead atoms. The molecule has 1 N–H and O–H groups in total. The smallest absolute Gasteiger partial charge is 0.256 e. The fraction of sp³-hybridized carbons (Fsp3) is 0.174. The van der Waals surface area contributed by atoms with Gasteiger partial charge in [0.15, 0.2) is 0 Å². The summed E-state index contributed by atoms with van der Waals surface area (Å²) >= 11 is 1.69. The fourth-order valence-corrected chi connectivity index (χ4v) is 3.54. The lowest BCUT2D eigenvalue weighted by Gasteiger charge is -2.12. The molecule has 3 nitrogen and oxygen atoms in total. The summed E-state index contributed by atoms with van der Waals surface area (Å²) in [7, 11) is 0. The number of anilines is 1. The molecule has 3 aromatic rings. The van der Waals surface area contributed by atoms with Crippen LogP contribution in [0, 0.1) is 0 Å². The van der Waals surface area contributed by atoms with Crippen LogP contribution in [0.5, 0.6) is 5.75 Å². The van der Waals surface area contributed by atoms with Gasteiger partial charge in [0.2, 0.25) is 0 Å². The van der Waals surface area contributed by atoms with Crippen molar-refractivity contribution in [1.29, 1.82) is 0 Å². The first kappa shape index (κ1) is 19.1. The number of amides is 1. The van der Waals surface area contributed by atoms with Crippen LogP contribution in [0.3, 0.4) is 0 Å². The van der Waals surface area contributed by atoms with Gasteiger partial charge in [0.05, 0.1) is 5.56 Å². The maximum absolute atomic E-state index is 12.7. The zero-order chi connectivity index (χ0) is 19.1.